The molecule has 0 spiro atoms. The molecule has 0 atom stereocenters. The first kappa shape index (κ1) is 16.4. The highest BCUT2D eigenvalue weighted by Crippen LogP contribution is 2.32. The maximum atomic E-state index is 12.1. The maximum Gasteiger partial charge on any atom is 0.242 e. The number of sulfonamides is 1. The van der Waals surface area contributed by atoms with E-state index in [2.05, 4.69) is 0 Å². The van der Waals surface area contributed by atoms with Crippen molar-refractivity contribution in [2.45, 2.75) is 20.6 Å². The first-order valence-electron chi connectivity index (χ1n) is 6.29. The summed E-state index contributed by atoms with van der Waals surface area (Å²) in [5.41, 5.74) is 0.813. The van der Waals surface area contributed by atoms with Gasteiger partial charge in [0.1, 0.15) is 0 Å². The summed E-state index contributed by atoms with van der Waals surface area (Å²) < 4.78 is 25.5. The van der Waals surface area contributed by atoms with E-state index in [1.165, 1.54) is 18.4 Å². The van der Waals surface area contributed by atoms with Gasteiger partial charge < -0.3 is 0 Å². The zero-order valence-electron chi connectivity index (χ0n) is 11.8. The van der Waals surface area contributed by atoms with Crippen molar-refractivity contribution < 1.29 is 8.42 Å². The van der Waals surface area contributed by atoms with Gasteiger partial charge in [0, 0.05) is 29.8 Å². The van der Waals surface area contributed by atoms with Gasteiger partial charge in [0.05, 0.1) is 4.90 Å². The van der Waals surface area contributed by atoms with E-state index in [0.717, 1.165) is 15.4 Å². The highest BCUT2D eigenvalue weighted by molar-refractivity contribution is 7.99. The number of rotatable bonds is 5. The molecule has 0 aromatic heterocycles. The molecule has 112 valence electrons. The Morgan fingerprint density at radius 2 is 1.76 bits per heavy atom. The number of hydrogen-bond acceptors (Lipinski definition) is 3. The second-order valence-corrected chi connectivity index (χ2v) is 8.14. The van der Waals surface area contributed by atoms with Gasteiger partial charge in [-0.2, -0.15) is 0 Å². The third-order valence-electron chi connectivity index (χ3n) is 2.93. The summed E-state index contributed by atoms with van der Waals surface area (Å²) in [5, 5.41) is 0. The molecule has 0 aliphatic carbocycles. The van der Waals surface area contributed by atoms with E-state index in [1.54, 1.807) is 23.9 Å². The van der Waals surface area contributed by atoms with Crippen LogP contribution >= 0.6 is 23.4 Å². The highest BCUT2D eigenvalue weighted by Gasteiger charge is 2.18. The Kier molecular flexibility index (Phi) is 5.32. The summed E-state index contributed by atoms with van der Waals surface area (Å²) in [7, 11) is -0.401. The fraction of sp³-hybridized carbons (Fsp3) is 0.200. The molecule has 2 rings (SSSR count). The molecule has 0 saturated heterocycles. The normalized spacial score (nSPS) is 11.8. The van der Waals surface area contributed by atoms with Crippen molar-refractivity contribution in [1.29, 1.82) is 0 Å². The fourth-order valence-corrected chi connectivity index (χ4v) is 3.95. The molecular formula is C15H16ClNO2S2. The van der Waals surface area contributed by atoms with Crippen molar-refractivity contribution in [3.8, 4) is 0 Å². The molecule has 3 nitrogen and oxygen atoms in total. The molecule has 2 aromatic carbocycles. The summed E-state index contributed by atoms with van der Waals surface area (Å²) >= 11 is 7.55. The molecule has 0 heterocycles. The Labute approximate surface area is 135 Å². The van der Waals surface area contributed by atoms with Crippen LogP contribution in [-0.4, -0.2) is 26.8 Å². The van der Waals surface area contributed by atoms with Crippen molar-refractivity contribution >= 4 is 33.4 Å². The van der Waals surface area contributed by atoms with E-state index in [0.29, 0.717) is 0 Å². The van der Waals surface area contributed by atoms with E-state index in [1.807, 2.05) is 36.4 Å². The average Bonchev–Trinajstić information content (AvgIpc) is 2.48. The van der Waals surface area contributed by atoms with Crippen molar-refractivity contribution in [3.63, 3.8) is 0 Å². The number of nitrogens with zero attached hydrogens (tertiary/aromatic N) is 1. The monoisotopic (exact) mass is 341 g/mol. The summed E-state index contributed by atoms with van der Waals surface area (Å²) in [5.74, 6) is 0.270. The van der Waals surface area contributed by atoms with Crippen LogP contribution in [0.1, 0.15) is 5.56 Å². The third kappa shape index (κ3) is 3.80. The Morgan fingerprint density at radius 1 is 1.10 bits per heavy atom. The molecule has 6 heteroatoms. The lowest BCUT2D eigenvalue weighted by Gasteiger charge is -2.14. The van der Waals surface area contributed by atoms with Crippen molar-refractivity contribution in [1.82, 2.24) is 4.31 Å². The molecule has 0 aliphatic rings. The number of alkyl halides is 1. The Morgan fingerprint density at radius 3 is 2.33 bits per heavy atom. The van der Waals surface area contributed by atoms with Gasteiger partial charge in [-0.05, 0) is 35.9 Å². The van der Waals surface area contributed by atoms with E-state index in [9.17, 15) is 8.42 Å². The molecule has 0 saturated carbocycles. The van der Waals surface area contributed by atoms with Crippen LogP contribution in [0.25, 0.3) is 0 Å². The van der Waals surface area contributed by atoms with Gasteiger partial charge in [0.25, 0.3) is 0 Å². The predicted octanol–water partition coefficient (Wildman–Crippen LogP) is 3.83. The molecule has 0 fully saturated rings. The lowest BCUT2D eigenvalue weighted by molar-refractivity contribution is 0.520. The summed E-state index contributed by atoms with van der Waals surface area (Å²) in [6.07, 6.45) is 0. The van der Waals surface area contributed by atoms with Gasteiger partial charge in [-0.3, -0.25) is 0 Å². The SMILES string of the molecule is CN(C)S(=O)(=O)c1ccc(Sc2ccccc2)c(CCl)c1. The average molecular weight is 342 g/mol. The van der Waals surface area contributed by atoms with E-state index < -0.39 is 10.0 Å². The molecule has 0 radical (unpaired) electrons. The van der Waals surface area contributed by atoms with E-state index >= 15 is 0 Å². The lowest BCUT2D eigenvalue weighted by Crippen LogP contribution is -2.22. The van der Waals surface area contributed by atoms with Crippen LogP contribution in [0, 0.1) is 0 Å². The first-order valence-corrected chi connectivity index (χ1v) is 9.08. The quantitative estimate of drug-likeness (QED) is 0.776. The molecule has 21 heavy (non-hydrogen) atoms. The Hall–Kier alpha value is -1.01. The molecule has 0 aliphatic heterocycles. The van der Waals surface area contributed by atoms with Crippen LogP contribution in [0.4, 0.5) is 0 Å². The van der Waals surface area contributed by atoms with E-state index in [-0.39, 0.29) is 10.8 Å². The van der Waals surface area contributed by atoms with Gasteiger partial charge in [-0.25, -0.2) is 12.7 Å². The lowest BCUT2D eigenvalue weighted by atomic mass is 10.2. The Bertz CT molecular complexity index is 716. The second kappa shape index (κ2) is 6.83. The smallest absolute Gasteiger partial charge is 0.207 e. The largest absolute Gasteiger partial charge is 0.242 e. The van der Waals surface area contributed by atoms with Crippen molar-refractivity contribution in [2.24, 2.45) is 0 Å². The van der Waals surface area contributed by atoms with Gasteiger partial charge in [-0.1, -0.05) is 30.0 Å². The minimum absolute atomic E-state index is 0.264. The van der Waals surface area contributed by atoms with Crippen LogP contribution in [0.2, 0.25) is 0 Å². The maximum absolute atomic E-state index is 12.1. The third-order valence-corrected chi connectivity index (χ3v) is 6.15. The Balaban J connectivity index is 2.38. The molecule has 0 amide bonds. The van der Waals surface area contributed by atoms with Gasteiger partial charge in [0.2, 0.25) is 10.0 Å². The van der Waals surface area contributed by atoms with Crippen LogP contribution in [-0.2, 0) is 15.9 Å². The van der Waals surface area contributed by atoms with Crippen LogP contribution < -0.4 is 0 Å². The van der Waals surface area contributed by atoms with Crippen LogP contribution in [0.5, 0.6) is 0 Å². The standard InChI is InChI=1S/C15H16ClNO2S2/c1-17(2)21(18,19)14-8-9-15(12(10-14)11-16)20-13-6-4-3-5-7-13/h3-10H,11H2,1-2H3. The zero-order chi connectivity index (χ0) is 15.5. The van der Waals surface area contributed by atoms with Gasteiger partial charge in [0.15, 0.2) is 0 Å². The number of halogens is 1. The minimum atomic E-state index is -3.43. The van der Waals surface area contributed by atoms with Crippen LogP contribution in [0.3, 0.4) is 0 Å². The predicted molar refractivity (Wildman–Crippen MR) is 87.4 cm³/mol. The highest BCUT2D eigenvalue weighted by atomic mass is 35.5. The summed E-state index contributed by atoms with van der Waals surface area (Å²) in [4.78, 5) is 2.32. The number of benzene rings is 2. The van der Waals surface area contributed by atoms with Crippen molar-refractivity contribution in [2.75, 3.05) is 14.1 Å². The molecule has 0 N–H and O–H groups in total. The fourth-order valence-electron chi connectivity index (χ4n) is 1.75. The second-order valence-electron chi connectivity index (χ2n) is 4.61. The zero-order valence-corrected chi connectivity index (χ0v) is 14.2. The number of hydrogen-bond donors (Lipinski definition) is 0. The molecule has 0 unspecified atom stereocenters. The van der Waals surface area contributed by atoms with E-state index in [4.69, 9.17) is 11.6 Å². The molecular weight excluding hydrogens is 326 g/mol. The van der Waals surface area contributed by atoms with Crippen LogP contribution in [0.15, 0.2) is 63.2 Å². The van der Waals surface area contributed by atoms with Gasteiger partial charge >= 0.3 is 0 Å². The molecule has 2 aromatic rings. The first-order chi connectivity index (χ1) is 9.95. The van der Waals surface area contributed by atoms with Gasteiger partial charge in [-0.15, -0.1) is 11.6 Å². The minimum Gasteiger partial charge on any atom is -0.207 e. The summed E-state index contributed by atoms with van der Waals surface area (Å²) in [6, 6.07) is 15.0. The summed E-state index contributed by atoms with van der Waals surface area (Å²) in [6.45, 7) is 0. The molecule has 0 bridgehead atoms. The topological polar surface area (TPSA) is 37.4 Å². The van der Waals surface area contributed by atoms with Crippen molar-refractivity contribution in [3.05, 3.63) is 54.1 Å².